The molecule has 30 heavy (non-hydrogen) atoms. The van der Waals surface area contributed by atoms with E-state index in [4.69, 9.17) is 16.3 Å². The smallest absolute Gasteiger partial charge is 0.187 e. The maximum atomic E-state index is 13.8. The molecule has 0 amide bonds. The third-order valence-electron chi connectivity index (χ3n) is 5.38. The zero-order chi connectivity index (χ0) is 21.1. The molecule has 1 saturated carbocycles. The number of nitrogens with zero attached hydrogens (tertiary/aromatic N) is 2. The molecule has 3 aromatic rings. The van der Waals surface area contributed by atoms with E-state index in [1.165, 1.54) is 25.3 Å². The molecule has 1 heterocycles. The van der Waals surface area contributed by atoms with Crippen LogP contribution in [-0.2, 0) is 13.0 Å². The highest BCUT2D eigenvalue weighted by molar-refractivity contribution is 6.30. The maximum absolute atomic E-state index is 13.8. The largest absolute Gasteiger partial charge is 0.493 e. The highest BCUT2D eigenvalue weighted by atomic mass is 35.5. The Labute approximate surface area is 178 Å². The van der Waals surface area contributed by atoms with Crippen LogP contribution in [0.4, 0.5) is 8.78 Å². The lowest BCUT2D eigenvalue weighted by Crippen LogP contribution is -2.19. The Kier molecular flexibility index (Phi) is 6.13. The molecule has 4 nitrogen and oxygen atoms in total. The van der Waals surface area contributed by atoms with Crippen molar-refractivity contribution >= 4 is 17.4 Å². The lowest BCUT2D eigenvalue weighted by atomic mass is 9.86. The van der Waals surface area contributed by atoms with E-state index in [2.05, 4.69) is 5.10 Å². The van der Waals surface area contributed by atoms with Gasteiger partial charge in [-0.25, -0.2) is 8.78 Å². The number of carbonyl (C=O) groups excluding carboxylic acids is 1. The van der Waals surface area contributed by atoms with E-state index in [1.54, 1.807) is 23.0 Å². The van der Waals surface area contributed by atoms with Gasteiger partial charge in [-0.05, 0) is 55.2 Å². The monoisotopic (exact) mass is 430 g/mol. The summed E-state index contributed by atoms with van der Waals surface area (Å²) in [5.74, 6) is -0.598. The van der Waals surface area contributed by atoms with Crippen LogP contribution in [0, 0.1) is 17.6 Å². The number of hydrogen-bond acceptors (Lipinski definition) is 3. The number of aromatic nitrogens is 2. The second-order valence-corrected chi connectivity index (χ2v) is 8.00. The fraction of sp³-hybridized carbons (Fsp3) is 0.304. The van der Waals surface area contributed by atoms with Crippen LogP contribution in [0.5, 0.6) is 5.75 Å². The summed E-state index contributed by atoms with van der Waals surface area (Å²) in [7, 11) is 0. The third-order valence-corrected chi connectivity index (χ3v) is 5.61. The highest BCUT2D eigenvalue weighted by Crippen LogP contribution is 2.29. The highest BCUT2D eigenvalue weighted by Gasteiger charge is 2.19. The van der Waals surface area contributed by atoms with Crippen LogP contribution in [0.25, 0.3) is 0 Å². The summed E-state index contributed by atoms with van der Waals surface area (Å²) >= 11 is 6.15. The van der Waals surface area contributed by atoms with Crippen molar-refractivity contribution in [3.8, 4) is 5.75 Å². The first kappa shape index (κ1) is 20.5. The average Bonchev–Trinajstić information content (AvgIpc) is 3.14. The van der Waals surface area contributed by atoms with Gasteiger partial charge in [-0.3, -0.25) is 9.48 Å². The number of carbonyl (C=O) groups is 1. The lowest BCUT2D eigenvalue weighted by molar-refractivity contribution is 0.0985. The number of benzene rings is 2. The van der Waals surface area contributed by atoms with Gasteiger partial charge in [0.05, 0.1) is 13.2 Å². The van der Waals surface area contributed by atoms with E-state index >= 15 is 0 Å². The summed E-state index contributed by atoms with van der Waals surface area (Å²) in [6, 6.07) is 10.5. The SMILES string of the molecule is O=C(Cc1c(F)cccc1F)c1ccn(Cc2cc(Cl)ccc2OCC2CCC2)n1. The van der Waals surface area contributed by atoms with Gasteiger partial charge in [0.15, 0.2) is 5.78 Å². The van der Waals surface area contributed by atoms with Gasteiger partial charge < -0.3 is 4.74 Å². The Balaban J connectivity index is 1.46. The maximum Gasteiger partial charge on any atom is 0.187 e. The van der Waals surface area contributed by atoms with E-state index in [0.29, 0.717) is 24.1 Å². The summed E-state index contributed by atoms with van der Waals surface area (Å²) in [4.78, 5) is 12.5. The molecule has 1 aliphatic rings. The summed E-state index contributed by atoms with van der Waals surface area (Å²) < 4.78 is 35.2. The molecule has 0 unspecified atom stereocenters. The number of ketones is 1. The van der Waals surface area contributed by atoms with Gasteiger partial charge in [-0.15, -0.1) is 0 Å². The molecule has 0 radical (unpaired) electrons. The summed E-state index contributed by atoms with van der Waals surface area (Å²) in [6.45, 7) is 1.04. The van der Waals surface area contributed by atoms with Gasteiger partial charge in [0.1, 0.15) is 23.1 Å². The first-order valence-corrected chi connectivity index (χ1v) is 10.3. The fourth-order valence-electron chi connectivity index (χ4n) is 3.40. The minimum absolute atomic E-state index is 0.150. The van der Waals surface area contributed by atoms with Crippen molar-refractivity contribution in [2.24, 2.45) is 5.92 Å². The molecule has 156 valence electrons. The molecular formula is C23H21ClF2N2O2. The summed E-state index contributed by atoms with van der Waals surface area (Å²) in [6.07, 6.45) is 4.90. The molecule has 4 rings (SSSR count). The second-order valence-electron chi connectivity index (χ2n) is 7.56. The zero-order valence-corrected chi connectivity index (χ0v) is 17.0. The number of halogens is 3. The number of hydrogen-bond donors (Lipinski definition) is 0. The van der Waals surface area contributed by atoms with Crippen molar-refractivity contribution in [1.82, 2.24) is 9.78 Å². The predicted molar refractivity (Wildman–Crippen MR) is 110 cm³/mol. The van der Waals surface area contributed by atoms with Gasteiger partial charge in [-0.2, -0.15) is 5.10 Å². The van der Waals surface area contributed by atoms with Gasteiger partial charge in [0.2, 0.25) is 0 Å². The van der Waals surface area contributed by atoms with E-state index in [9.17, 15) is 13.6 Å². The Hall–Kier alpha value is -2.73. The molecule has 0 aliphatic heterocycles. The predicted octanol–water partition coefficient (Wildman–Crippen LogP) is 5.47. The van der Waals surface area contributed by atoms with Crippen molar-refractivity contribution in [3.05, 3.63) is 82.1 Å². The molecule has 0 spiro atoms. The minimum Gasteiger partial charge on any atom is -0.493 e. The zero-order valence-electron chi connectivity index (χ0n) is 16.3. The van der Waals surface area contributed by atoms with Crippen molar-refractivity contribution in [2.45, 2.75) is 32.2 Å². The average molecular weight is 431 g/mol. The number of Topliss-reactive ketones (excluding diaryl/α,β-unsaturated/α-hetero) is 1. The summed E-state index contributed by atoms with van der Waals surface area (Å²) in [5, 5.41) is 4.86. The summed E-state index contributed by atoms with van der Waals surface area (Å²) in [5.41, 5.74) is 0.749. The van der Waals surface area contributed by atoms with Crippen molar-refractivity contribution in [2.75, 3.05) is 6.61 Å². The quantitative estimate of drug-likeness (QED) is 0.445. The number of ether oxygens (including phenoxy) is 1. The first-order valence-electron chi connectivity index (χ1n) is 9.90. The van der Waals surface area contributed by atoms with Gasteiger partial charge in [0.25, 0.3) is 0 Å². The van der Waals surface area contributed by atoms with E-state index in [0.717, 1.165) is 23.4 Å². The Morgan fingerprint density at radius 3 is 2.63 bits per heavy atom. The molecule has 0 bridgehead atoms. The Bertz CT molecular complexity index is 1040. The van der Waals surface area contributed by atoms with Crippen LogP contribution in [0.1, 0.15) is 40.9 Å². The fourth-order valence-corrected chi connectivity index (χ4v) is 3.60. The molecule has 1 aromatic heterocycles. The van der Waals surface area contributed by atoms with E-state index in [1.807, 2.05) is 12.1 Å². The van der Waals surface area contributed by atoms with Crippen molar-refractivity contribution < 1.29 is 18.3 Å². The van der Waals surface area contributed by atoms with Crippen LogP contribution < -0.4 is 4.74 Å². The van der Waals surface area contributed by atoms with Gasteiger partial charge >= 0.3 is 0 Å². The van der Waals surface area contributed by atoms with Crippen molar-refractivity contribution in [3.63, 3.8) is 0 Å². The van der Waals surface area contributed by atoms with Crippen LogP contribution >= 0.6 is 11.6 Å². The molecule has 0 saturated heterocycles. The normalized spacial score (nSPS) is 13.8. The molecule has 1 aliphatic carbocycles. The second kappa shape index (κ2) is 8.96. The van der Waals surface area contributed by atoms with Crippen molar-refractivity contribution in [1.29, 1.82) is 0 Å². The van der Waals surface area contributed by atoms with Crippen LogP contribution in [0.15, 0.2) is 48.7 Å². The van der Waals surface area contributed by atoms with Gasteiger partial charge in [0, 0.05) is 28.8 Å². The van der Waals surface area contributed by atoms with E-state index in [-0.39, 0.29) is 17.7 Å². The number of rotatable bonds is 8. The molecular weight excluding hydrogens is 410 g/mol. The Morgan fingerprint density at radius 1 is 1.17 bits per heavy atom. The third kappa shape index (κ3) is 4.70. The van der Waals surface area contributed by atoms with Gasteiger partial charge in [-0.1, -0.05) is 24.1 Å². The molecule has 1 fully saturated rings. The minimum atomic E-state index is -0.741. The van der Waals surface area contributed by atoms with Crippen LogP contribution in [0.3, 0.4) is 0 Å². The van der Waals surface area contributed by atoms with Crippen LogP contribution in [0.2, 0.25) is 5.02 Å². The van der Waals surface area contributed by atoms with E-state index < -0.39 is 17.4 Å². The molecule has 0 atom stereocenters. The molecule has 7 heteroatoms. The first-order chi connectivity index (χ1) is 14.5. The Morgan fingerprint density at radius 2 is 1.93 bits per heavy atom. The topological polar surface area (TPSA) is 44.1 Å². The standard InChI is InChI=1S/C23H21ClF2N2O2/c24-17-7-8-23(30-14-15-3-1-4-15)16(11-17)13-28-10-9-21(27-28)22(29)12-18-19(25)5-2-6-20(18)26/h2,5-11,15H,1,3-4,12-14H2. The lowest BCUT2D eigenvalue weighted by Gasteiger charge is -2.25. The molecule has 2 aromatic carbocycles. The van der Waals surface area contributed by atoms with Crippen LogP contribution in [-0.4, -0.2) is 22.2 Å². The molecule has 0 N–H and O–H groups in total.